The molecular weight excluding hydrogens is 352 g/mol. The highest BCUT2D eigenvalue weighted by atomic mass is 32.2. The van der Waals surface area contributed by atoms with Crippen LogP contribution in [0.3, 0.4) is 0 Å². The van der Waals surface area contributed by atoms with E-state index in [1.54, 1.807) is 25.1 Å². The molecule has 6 nitrogen and oxygen atoms in total. The average molecular weight is 376 g/mol. The van der Waals surface area contributed by atoms with Gasteiger partial charge in [0, 0.05) is 0 Å². The first-order valence-electron chi connectivity index (χ1n) is 8.23. The molecule has 2 aromatic carbocycles. The second-order valence-corrected chi connectivity index (χ2v) is 7.98. The van der Waals surface area contributed by atoms with Crippen LogP contribution in [0.25, 0.3) is 0 Å². The zero-order valence-electron chi connectivity index (χ0n) is 15.6. The molecule has 0 bridgehead atoms. The topological polar surface area (TPSA) is 84.5 Å². The predicted octanol–water partition coefficient (Wildman–Crippen LogP) is 2.70. The third-order valence-electron chi connectivity index (χ3n) is 4.33. The normalized spacial score (nSPS) is 12.5. The maximum Gasteiger partial charge on any atom is 0.275 e. The lowest BCUT2D eigenvalue weighted by Gasteiger charge is -2.17. The third-order valence-corrected chi connectivity index (χ3v) is 5.57. The third kappa shape index (κ3) is 4.62. The molecule has 0 aliphatic carbocycles. The van der Waals surface area contributed by atoms with E-state index in [-0.39, 0.29) is 4.90 Å². The number of carbonyl (C=O) groups excluding carboxylic acids is 1. The SMILES string of the molecule is Cc1ccc(S(=O)(=O)NNC(=O)[C@H](C)Oc2cccc(C)c2C)cc1C. The van der Waals surface area contributed by atoms with Crippen molar-refractivity contribution in [1.82, 2.24) is 10.3 Å². The standard InChI is InChI=1S/C19H24N2O4S/c1-12-9-10-17(11-14(12)3)26(23,24)21-20-19(22)16(5)25-18-8-6-7-13(2)15(18)4/h6-11,16,21H,1-5H3,(H,20,22)/t16-/m0/s1. The Bertz CT molecular complexity index is 923. The molecule has 0 aliphatic rings. The smallest absolute Gasteiger partial charge is 0.275 e. The summed E-state index contributed by atoms with van der Waals surface area (Å²) < 4.78 is 30.3. The summed E-state index contributed by atoms with van der Waals surface area (Å²) in [5.41, 5.74) is 6.03. The summed E-state index contributed by atoms with van der Waals surface area (Å²) in [7, 11) is -3.85. The molecule has 140 valence electrons. The molecule has 2 rings (SSSR count). The van der Waals surface area contributed by atoms with Crippen LogP contribution in [-0.2, 0) is 14.8 Å². The number of benzene rings is 2. The quantitative estimate of drug-likeness (QED) is 0.759. The molecule has 0 aliphatic heterocycles. The van der Waals surface area contributed by atoms with Crippen molar-refractivity contribution in [2.24, 2.45) is 0 Å². The molecule has 26 heavy (non-hydrogen) atoms. The number of hydrazine groups is 1. The van der Waals surface area contributed by atoms with Gasteiger partial charge in [0.2, 0.25) is 0 Å². The lowest BCUT2D eigenvalue weighted by molar-refractivity contribution is -0.127. The minimum atomic E-state index is -3.85. The number of ether oxygens (including phenoxy) is 1. The molecule has 0 saturated carbocycles. The Morgan fingerprint density at radius 1 is 1.00 bits per heavy atom. The summed E-state index contributed by atoms with van der Waals surface area (Å²) in [6, 6.07) is 10.3. The van der Waals surface area contributed by atoms with Crippen LogP contribution in [0.5, 0.6) is 5.75 Å². The van der Waals surface area contributed by atoms with Crippen LogP contribution >= 0.6 is 0 Å². The monoisotopic (exact) mass is 376 g/mol. The van der Waals surface area contributed by atoms with Crippen molar-refractivity contribution in [2.75, 3.05) is 0 Å². The van der Waals surface area contributed by atoms with E-state index in [1.807, 2.05) is 39.8 Å². The van der Waals surface area contributed by atoms with Crippen LogP contribution in [0.2, 0.25) is 0 Å². The Balaban J connectivity index is 2.02. The van der Waals surface area contributed by atoms with E-state index in [9.17, 15) is 13.2 Å². The second kappa shape index (κ2) is 7.88. The summed E-state index contributed by atoms with van der Waals surface area (Å²) >= 11 is 0. The number of aryl methyl sites for hydroxylation is 3. The van der Waals surface area contributed by atoms with E-state index in [0.29, 0.717) is 5.75 Å². The summed E-state index contributed by atoms with van der Waals surface area (Å²) in [6.07, 6.45) is -0.863. The van der Waals surface area contributed by atoms with Gasteiger partial charge < -0.3 is 4.74 Å². The number of hydrogen-bond acceptors (Lipinski definition) is 4. The average Bonchev–Trinajstić information content (AvgIpc) is 2.59. The zero-order chi connectivity index (χ0) is 19.5. The molecule has 0 fully saturated rings. The Labute approximate surface area is 154 Å². The van der Waals surface area contributed by atoms with Gasteiger partial charge in [-0.15, -0.1) is 4.83 Å². The van der Waals surface area contributed by atoms with Crippen LogP contribution in [-0.4, -0.2) is 20.4 Å². The Hall–Kier alpha value is -2.38. The van der Waals surface area contributed by atoms with Gasteiger partial charge in [-0.2, -0.15) is 0 Å². The van der Waals surface area contributed by atoms with Crippen LogP contribution in [0.4, 0.5) is 0 Å². The summed E-state index contributed by atoms with van der Waals surface area (Å²) in [6.45, 7) is 9.13. The fourth-order valence-electron chi connectivity index (χ4n) is 2.25. The van der Waals surface area contributed by atoms with Crippen LogP contribution < -0.4 is 15.0 Å². The summed E-state index contributed by atoms with van der Waals surface area (Å²) in [4.78, 5) is 14.4. The number of carbonyl (C=O) groups is 1. The first kappa shape index (κ1) is 19.9. The molecule has 0 spiro atoms. The van der Waals surface area contributed by atoms with Crippen molar-refractivity contribution in [3.05, 3.63) is 58.7 Å². The molecule has 0 radical (unpaired) electrons. The number of sulfonamides is 1. The van der Waals surface area contributed by atoms with E-state index in [4.69, 9.17) is 4.74 Å². The van der Waals surface area contributed by atoms with E-state index in [1.165, 1.54) is 6.07 Å². The predicted molar refractivity (Wildman–Crippen MR) is 100 cm³/mol. The highest BCUT2D eigenvalue weighted by Gasteiger charge is 2.20. The molecule has 1 atom stereocenters. The van der Waals surface area contributed by atoms with Gasteiger partial charge in [0.15, 0.2) is 6.10 Å². The number of rotatable bonds is 6. The zero-order valence-corrected chi connectivity index (χ0v) is 16.4. The fraction of sp³-hybridized carbons (Fsp3) is 0.316. The van der Waals surface area contributed by atoms with E-state index < -0.39 is 22.0 Å². The van der Waals surface area contributed by atoms with Crippen LogP contribution in [0.1, 0.15) is 29.2 Å². The van der Waals surface area contributed by atoms with Gasteiger partial charge in [-0.25, -0.2) is 8.42 Å². The number of amides is 1. The first-order valence-corrected chi connectivity index (χ1v) is 9.72. The Morgan fingerprint density at radius 3 is 2.35 bits per heavy atom. The molecule has 2 N–H and O–H groups in total. The van der Waals surface area contributed by atoms with Crippen molar-refractivity contribution in [1.29, 1.82) is 0 Å². The molecule has 2 aromatic rings. The maximum atomic E-state index is 12.3. The summed E-state index contributed by atoms with van der Waals surface area (Å²) in [5, 5.41) is 0. The van der Waals surface area contributed by atoms with Gasteiger partial charge in [0.25, 0.3) is 15.9 Å². The Morgan fingerprint density at radius 2 is 1.69 bits per heavy atom. The molecule has 0 saturated heterocycles. The lowest BCUT2D eigenvalue weighted by atomic mass is 10.1. The minimum Gasteiger partial charge on any atom is -0.481 e. The van der Waals surface area contributed by atoms with Crippen LogP contribution in [0.15, 0.2) is 41.3 Å². The highest BCUT2D eigenvalue weighted by molar-refractivity contribution is 7.89. The Kier molecular flexibility index (Phi) is 6.05. The summed E-state index contributed by atoms with van der Waals surface area (Å²) in [5.74, 6) is 0.00276. The molecule has 0 aromatic heterocycles. The van der Waals surface area contributed by atoms with Gasteiger partial charge in [0.05, 0.1) is 4.90 Å². The lowest BCUT2D eigenvalue weighted by Crippen LogP contribution is -2.47. The highest BCUT2D eigenvalue weighted by Crippen LogP contribution is 2.21. The van der Waals surface area contributed by atoms with Crippen molar-refractivity contribution in [3.8, 4) is 5.75 Å². The molecule has 7 heteroatoms. The fourth-order valence-corrected chi connectivity index (χ4v) is 3.19. The van der Waals surface area contributed by atoms with Crippen LogP contribution in [0, 0.1) is 27.7 Å². The first-order chi connectivity index (χ1) is 12.1. The van der Waals surface area contributed by atoms with Crippen molar-refractivity contribution >= 4 is 15.9 Å². The van der Waals surface area contributed by atoms with E-state index in [2.05, 4.69) is 10.3 Å². The number of hydrogen-bond donors (Lipinski definition) is 2. The molecule has 0 unspecified atom stereocenters. The van der Waals surface area contributed by atoms with E-state index >= 15 is 0 Å². The van der Waals surface area contributed by atoms with Gasteiger partial charge in [-0.05, 0) is 75.1 Å². The second-order valence-electron chi connectivity index (χ2n) is 6.30. The van der Waals surface area contributed by atoms with Gasteiger partial charge in [-0.1, -0.05) is 18.2 Å². The largest absolute Gasteiger partial charge is 0.481 e. The van der Waals surface area contributed by atoms with Crippen molar-refractivity contribution in [2.45, 2.75) is 45.6 Å². The maximum absolute atomic E-state index is 12.3. The minimum absolute atomic E-state index is 0.0870. The number of nitrogens with one attached hydrogen (secondary N) is 2. The molecule has 0 heterocycles. The van der Waals surface area contributed by atoms with Gasteiger partial charge in [0.1, 0.15) is 5.75 Å². The molecule has 1 amide bonds. The van der Waals surface area contributed by atoms with Gasteiger partial charge >= 0.3 is 0 Å². The van der Waals surface area contributed by atoms with E-state index in [0.717, 1.165) is 22.3 Å². The van der Waals surface area contributed by atoms with Crippen molar-refractivity contribution in [3.63, 3.8) is 0 Å². The van der Waals surface area contributed by atoms with Gasteiger partial charge in [-0.3, -0.25) is 10.2 Å². The molecular formula is C19H24N2O4S. The van der Waals surface area contributed by atoms with Crippen molar-refractivity contribution < 1.29 is 17.9 Å².